The lowest BCUT2D eigenvalue weighted by Gasteiger charge is -2.24. The number of rotatable bonds is 2. The number of amides is 2. The third kappa shape index (κ3) is 3.84. The third-order valence-electron chi connectivity index (χ3n) is 4.27. The maximum Gasteiger partial charge on any atom is 0.416 e. The van der Waals surface area contributed by atoms with E-state index in [1.165, 1.54) is 4.90 Å². The number of nitrogens with one attached hydrogen (secondary N) is 1. The van der Waals surface area contributed by atoms with Crippen molar-refractivity contribution in [3.63, 3.8) is 0 Å². The zero-order valence-corrected chi connectivity index (χ0v) is 13.7. The number of nitrogens with zero attached hydrogens (tertiary/aromatic N) is 2. The standard InChI is InChI=1S/C18H16F3N3O2/c19-18(20,21)13-3-5-14(6-4-13)23-16(25)17(26)24-11-1-2-15(24)12-7-9-22-10-8-12/h3-10,15H,1-2,11H2,(H,23,25). The minimum Gasteiger partial charge on any atom is -0.327 e. The summed E-state index contributed by atoms with van der Waals surface area (Å²) in [5.74, 6) is -1.57. The van der Waals surface area contributed by atoms with Gasteiger partial charge in [-0.05, 0) is 54.8 Å². The van der Waals surface area contributed by atoms with Gasteiger partial charge in [0.15, 0.2) is 0 Å². The van der Waals surface area contributed by atoms with Crippen LogP contribution in [0.25, 0.3) is 0 Å². The van der Waals surface area contributed by atoms with E-state index in [2.05, 4.69) is 10.3 Å². The third-order valence-corrected chi connectivity index (χ3v) is 4.27. The van der Waals surface area contributed by atoms with E-state index >= 15 is 0 Å². The Labute approximate surface area is 147 Å². The van der Waals surface area contributed by atoms with Crippen LogP contribution in [0.15, 0.2) is 48.8 Å². The zero-order valence-electron chi connectivity index (χ0n) is 13.7. The first-order valence-electron chi connectivity index (χ1n) is 8.05. The average Bonchev–Trinajstić information content (AvgIpc) is 3.11. The number of alkyl halides is 3. The Kier molecular flexibility index (Phi) is 4.92. The maximum absolute atomic E-state index is 12.6. The second-order valence-electron chi connectivity index (χ2n) is 5.97. The van der Waals surface area contributed by atoms with Gasteiger partial charge < -0.3 is 10.2 Å². The number of likely N-dealkylation sites (tertiary alicyclic amines) is 1. The summed E-state index contributed by atoms with van der Waals surface area (Å²) in [6.07, 6.45) is 0.304. The fourth-order valence-electron chi connectivity index (χ4n) is 3.00. The summed E-state index contributed by atoms with van der Waals surface area (Å²) in [6.45, 7) is 0.451. The van der Waals surface area contributed by atoms with E-state index in [9.17, 15) is 22.8 Å². The Balaban J connectivity index is 1.68. The number of carbonyl (C=O) groups excluding carboxylic acids is 2. The highest BCUT2D eigenvalue weighted by atomic mass is 19.4. The van der Waals surface area contributed by atoms with Crippen molar-refractivity contribution in [1.29, 1.82) is 0 Å². The summed E-state index contributed by atoms with van der Waals surface area (Å²) in [5.41, 5.74) is 0.211. The number of halogens is 3. The van der Waals surface area contributed by atoms with Crippen molar-refractivity contribution in [2.24, 2.45) is 0 Å². The monoisotopic (exact) mass is 363 g/mol. The van der Waals surface area contributed by atoms with E-state index in [-0.39, 0.29) is 11.7 Å². The first-order valence-corrected chi connectivity index (χ1v) is 8.05. The van der Waals surface area contributed by atoms with Crippen LogP contribution < -0.4 is 5.32 Å². The summed E-state index contributed by atoms with van der Waals surface area (Å²) < 4.78 is 37.7. The Morgan fingerprint density at radius 2 is 1.73 bits per heavy atom. The highest BCUT2D eigenvalue weighted by Crippen LogP contribution is 2.32. The molecule has 1 aromatic carbocycles. The fourth-order valence-corrected chi connectivity index (χ4v) is 3.00. The molecule has 5 nitrogen and oxygen atoms in total. The van der Waals surface area contributed by atoms with Crippen LogP contribution in [0.2, 0.25) is 0 Å². The maximum atomic E-state index is 12.6. The van der Waals surface area contributed by atoms with Crippen LogP contribution in [0.5, 0.6) is 0 Å². The number of anilines is 1. The second kappa shape index (κ2) is 7.15. The molecule has 0 radical (unpaired) electrons. The van der Waals surface area contributed by atoms with Crippen LogP contribution in [0, 0.1) is 0 Å². The first-order chi connectivity index (χ1) is 12.4. The van der Waals surface area contributed by atoms with Crippen molar-refractivity contribution in [2.45, 2.75) is 25.1 Å². The largest absolute Gasteiger partial charge is 0.416 e. The van der Waals surface area contributed by atoms with Gasteiger partial charge in [-0.25, -0.2) is 0 Å². The van der Waals surface area contributed by atoms with E-state index in [1.807, 2.05) is 0 Å². The van der Waals surface area contributed by atoms with Gasteiger partial charge in [0.2, 0.25) is 0 Å². The van der Waals surface area contributed by atoms with Gasteiger partial charge in [0.1, 0.15) is 0 Å². The van der Waals surface area contributed by atoms with Gasteiger partial charge in [-0.1, -0.05) is 0 Å². The van der Waals surface area contributed by atoms with Gasteiger partial charge in [0.25, 0.3) is 0 Å². The molecule has 0 bridgehead atoms. The van der Waals surface area contributed by atoms with E-state index in [1.54, 1.807) is 24.5 Å². The Bertz CT molecular complexity index is 792. The Morgan fingerprint density at radius 3 is 2.35 bits per heavy atom. The quantitative estimate of drug-likeness (QED) is 0.832. The molecule has 1 aromatic heterocycles. The molecule has 1 unspecified atom stereocenters. The summed E-state index contributed by atoms with van der Waals surface area (Å²) >= 11 is 0. The number of hydrogen-bond acceptors (Lipinski definition) is 3. The number of hydrogen-bond donors (Lipinski definition) is 1. The molecule has 26 heavy (non-hydrogen) atoms. The molecule has 1 aliphatic rings. The molecule has 0 spiro atoms. The van der Waals surface area contributed by atoms with Crippen LogP contribution >= 0.6 is 0 Å². The summed E-state index contributed by atoms with van der Waals surface area (Å²) in [5, 5.41) is 2.36. The number of pyridine rings is 1. The molecule has 1 fully saturated rings. The predicted molar refractivity (Wildman–Crippen MR) is 88.0 cm³/mol. The van der Waals surface area contributed by atoms with Gasteiger partial charge in [-0.3, -0.25) is 14.6 Å². The smallest absolute Gasteiger partial charge is 0.327 e. The molecule has 1 saturated heterocycles. The molecule has 2 amide bonds. The van der Waals surface area contributed by atoms with Crippen LogP contribution in [-0.2, 0) is 15.8 Å². The minimum absolute atomic E-state index is 0.135. The van der Waals surface area contributed by atoms with Gasteiger partial charge in [0, 0.05) is 24.6 Å². The zero-order chi connectivity index (χ0) is 18.7. The highest BCUT2D eigenvalue weighted by molar-refractivity contribution is 6.39. The number of benzene rings is 1. The molecular weight excluding hydrogens is 347 g/mol. The molecule has 136 valence electrons. The summed E-state index contributed by atoms with van der Waals surface area (Å²) in [7, 11) is 0. The van der Waals surface area contributed by atoms with Crippen molar-refractivity contribution in [2.75, 3.05) is 11.9 Å². The molecule has 2 heterocycles. The molecule has 3 rings (SSSR count). The molecule has 1 atom stereocenters. The lowest BCUT2D eigenvalue weighted by atomic mass is 10.1. The lowest BCUT2D eigenvalue weighted by Crippen LogP contribution is -2.39. The van der Waals surface area contributed by atoms with E-state index in [0.717, 1.165) is 42.7 Å². The minimum atomic E-state index is -4.45. The van der Waals surface area contributed by atoms with Crippen LogP contribution in [0.4, 0.5) is 18.9 Å². The number of aromatic nitrogens is 1. The van der Waals surface area contributed by atoms with Gasteiger partial charge in [-0.2, -0.15) is 13.2 Å². The van der Waals surface area contributed by atoms with E-state index < -0.39 is 23.6 Å². The van der Waals surface area contributed by atoms with Crippen molar-refractivity contribution in [3.05, 3.63) is 59.9 Å². The molecule has 1 N–H and O–H groups in total. The van der Waals surface area contributed by atoms with Crippen LogP contribution in [0.1, 0.15) is 30.0 Å². The predicted octanol–water partition coefficient (Wildman–Crippen LogP) is 3.40. The topological polar surface area (TPSA) is 62.3 Å². The molecule has 0 saturated carbocycles. The van der Waals surface area contributed by atoms with Crippen LogP contribution in [0.3, 0.4) is 0 Å². The highest BCUT2D eigenvalue weighted by Gasteiger charge is 2.34. The Hall–Kier alpha value is -2.90. The van der Waals surface area contributed by atoms with Gasteiger partial charge in [-0.15, -0.1) is 0 Å². The van der Waals surface area contributed by atoms with Gasteiger partial charge >= 0.3 is 18.0 Å². The molecular formula is C18H16F3N3O2. The molecule has 1 aliphatic heterocycles. The first kappa shape index (κ1) is 17.9. The summed E-state index contributed by atoms with van der Waals surface area (Å²) in [4.78, 5) is 30.1. The second-order valence-corrected chi connectivity index (χ2v) is 5.97. The Morgan fingerprint density at radius 1 is 1.08 bits per heavy atom. The van der Waals surface area contributed by atoms with Crippen molar-refractivity contribution < 1.29 is 22.8 Å². The SMILES string of the molecule is O=C(Nc1ccc(C(F)(F)F)cc1)C(=O)N1CCCC1c1ccncc1. The molecule has 8 heteroatoms. The van der Waals surface area contributed by atoms with Crippen molar-refractivity contribution in [1.82, 2.24) is 9.88 Å². The number of carbonyl (C=O) groups is 2. The fraction of sp³-hybridized carbons (Fsp3) is 0.278. The van der Waals surface area contributed by atoms with E-state index in [4.69, 9.17) is 0 Å². The normalized spacial score (nSPS) is 17.2. The molecule has 2 aromatic rings. The van der Waals surface area contributed by atoms with Crippen molar-refractivity contribution in [3.8, 4) is 0 Å². The summed E-state index contributed by atoms with van der Waals surface area (Å²) in [6, 6.07) is 7.35. The average molecular weight is 363 g/mol. The van der Waals surface area contributed by atoms with Crippen molar-refractivity contribution >= 4 is 17.5 Å². The van der Waals surface area contributed by atoms with Crippen LogP contribution in [-0.4, -0.2) is 28.2 Å². The lowest BCUT2D eigenvalue weighted by molar-refractivity contribution is -0.143. The molecule has 0 aliphatic carbocycles. The van der Waals surface area contributed by atoms with Gasteiger partial charge in [0.05, 0.1) is 11.6 Å². The van der Waals surface area contributed by atoms with E-state index in [0.29, 0.717) is 6.54 Å².